The second kappa shape index (κ2) is 7.24. The lowest BCUT2D eigenvalue weighted by Gasteiger charge is -2.03. The Morgan fingerprint density at radius 2 is 1.36 bits per heavy atom. The second-order valence-electron chi connectivity index (χ2n) is 3.47. The van der Waals surface area contributed by atoms with Crippen LogP contribution in [0.2, 0.25) is 0 Å². The van der Waals surface area contributed by atoms with Crippen molar-refractivity contribution in [3.8, 4) is 0 Å². The summed E-state index contributed by atoms with van der Waals surface area (Å²) in [5.74, 6) is 1.95. The second-order valence-corrected chi connectivity index (χ2v) is 4.37. The minimum absolute atomic E-state index is 0.973. The Morgan fingerprint density at radius 3 is 1.79 bits per heavy atom. The third-order valence-corrected chi connectivity index (χ3v) is 2.87. The summed E-state index contributed by atoms with van der Waals surface area (Å²) in [4.78, 5) is 0. The van der Waals surface area contributed by atoms with Crippen molar-refractivity contribution in [3.05, 3.63) is 35.4 Å². The molecule has 0 atom stereocenters. The van der Waals surface area contributed by atoms with Crippen LogP contribution in [0.1, 0.15) is 24.0 Å². The lowest BCUT2D eigenvalue weighted by Crippen LogP contribution is -1.91. The lowest BCUT2D eigenvalue weighted by molar-refractivity contribution is 0.908. The highest BCUT2D eigenvalue weighted by Crippen LogP contribution is 2.10. The van der Waals surface area contributed by atoms with Gasteiger partial charge in [0.25, 0.3) is 0 Å². The standard InChI is InChI=1S/C12H18S2/c13-8-2-6-11-4-1-5-12(10-11)7-3-9-14/h1,4-5,10,13-14H,2-3,6-9H2. The van der Waals surface area contributed by atoms with E-state index in [-0.39, 0.29) is 0 Å². The monoisotopic (exact) mass is 226 g/mol. The number of hydrogen-bond donors (Lipinski definition) is 2. The van der Waals surface area contributed by atoms with Crippen LogP contribution in [0.15, 0.2) is 24.3 Å². The molecule has 0 nitrogen and oxygen atoms in total. The molecule has 0 aromatic heterocycles. The Bertz CT molecular complexity index is 235. The van der Waals surface area contributed by atoms with E-state index < -0.39 is 0 Å². The highest BCUT2D eigenvalue weighted by molar-refractivity contribution is 7.80. The molecule has 0 heterocycles. The smallest absolute Gasteiger partial charge is 0.00947 e. The molecule has 0 amide bonds. The number of hydrogen-bond acceptors (Lipinski definition) is 2. The quantitative estimate of drug-likeness (QED) is 0.682. The molecule has 14 heavy (non-hydrogen) atoms. The first-order valence-corrected chi connectivity index (χ1v) is 6.43. The molecule has 0 saturated carbocycles. The van der Waals surface area contributed by atoms with E-state index in [0.717, 1.165) is 24.3 Å². The van der Waals surface area contributed by atoms with Gasteiger partial charge in [-0.05, 0) is 48.3 Å². The zero-order chi connectivity index (χ0) is 10.2. The molecule has 0 aliphatic heterocycles. The molecular weight excluding hydrogens is 208 g/mol. The molecule has 1 aromatic carbocycles. The number of benzene rings is 1. The Kier molecular flexibility index (Phi) is 6.20. The highest BCUT2D eigenvalue weighted by atomic mass is 32.1. The molecule has 0 spiro atoms. The average Bonchev–Trinajstić information content (AvgIpc) is 2.24. The number of aryl methyl sites for hydroxylation is 2. The Morgan fingerprint density at radius 1 is 0.857 bits per heavy atom. The molecule has 1 aromatic rings. The summed E-state index contributed by atoms with van der Waals surface area (Å²) in [5, 5.41) is 0. The van der Waals surface area contributed by atoms with E-state index in [1.165, 1.54) is 24.0 Å². The summed E-state index contributed by atoms with van der Waals surface area (Å²) in [6.07, 6.45) is 4.63. The third-order valence-electron chi connectivity index (χ3n) is 2.24. The van der Waals surface area contributed by atoms with Gasteiger partial charge in [0.1, 0.15) is 0 Å². The molecule has 0 saturated heterocycles. The summed E-state index contributed by atoms with van der Waals surface area (Å²) in [6, 6.07) is 8.87. The fraction of sp³-hybridized carbons (Fsp3) is 0.500. The van der Waals surface area contributed by atoms with Crippen molar-refractivity contribution < 1.29 is 0 Å². The number of rotatable bonds is 6. The van der Waals surface area contributed by atoms with Crippen LogP contribution in [0, 0.1) is 0 Å². The molecule has 0 N–H and O–H groups in total. The van der Waals surface area contributed by atoms with E-state index in [2.05, 4.69) is 49.5 Å². The maximum Gasteiger partial charge on any atom is -0.00947 e. The predicted octanol–water partition coefficient (Wildman–Crippen LogP) is 3.41. The van der Waals surface area contributed by atoms with Gasteiger partial charge in [-0.25, -0.2) is 0 Å². The molecule has 0 fully saturated rings. The van der Waals surface area contributed by atoms with Gasteiger partial charge in [-0.1, -0.05) is 24.3 Å². The van der Waals surface area contributed by atoms with Gasteiger partial charge < -0.3 is 0 Å². The maximum atomic E-state index is 4.22. The van der Waals surface area contributed by atoms with Crippen molar-refractivity contribution in [1.82, 2.24) is 0 Å². The van der Waals surface area contributed by atoms with Crippen LogP contribution in [0.5, 0.6) is 0 Å². The Hall–Kier alpha value is -0.0800. The van der Waals surface area contributed by atoms with Gasteiger partial charge in [-0.3, -0.25) is 0 Å². The van der Waals surface area contributed by atoms with E-state index in [1.54, 1.807) is 0 Å². The molecule has 1 rings (SSSR count). The summed E-state index contributed by atoms with van der Waals surface area (Å²) in [7, 11) is 0. The normalized spacial score (nSPS) is 10.4. The molecular formula is C12H18S2. The van der Waals surface area contributed by atoms with Gasteiger partial charge in [0.05, 0.1) is 0 Å². The van der Waals surface area contributed by atoms with Gasteiger partial charge in [0, 0.05) is 0 Å². The zero-order valence-electron chi connectivity index (χ0n) is 8.45. The maximum absolute atomic E-state index is 4.22. The SMILES string of the molecule is SCCCc1cccc(CCCS)c1. The van der Waals surface area contributed by atoms with E-state index in [9.17, 15) is 0 Å². The molecule has 2 heteroatoms. The van der Waals surface area contributed by atoms with Crippen LogP contribution in [-0.2, 0) is 12.8 Å². The van der Waals surface area contributed by atoms with Gasteiger partial charge in [-0.15, -0.1) is 0 Å². The fourth-order valence-corrected chi connectivity index (χ4v) is 1.82. The van der Waals surface area contributed by atoms with E-state index in [4.69, 9.17) is 0 Å². The third kappa shape index (κ3) is 4.43. The summed E-state index contributed by atoms with van der Waals surface area (Å²) in [6.45, 7) is 0. The summed E-state index contributed by atoms with van der Waals surface area (Å²) in [5.41, 5.74) is 2.88. The first kappa shape index (κ1) is 12.0. The molecule has 78 valence electrons. The topological polar surface area (TPSA) is 0 Å². The first-order chi connectivity index (χ1) is 6.86. The van der Waals surface area contributed by atoms with E-state index >= 15 is 0 Å². The molecule has 0 unspecified atom stereocenters. The van der Waals surface area contributed by atoms with Crippen LogP contribution in [-0.4, -0.2) is 11.5 Å². The van der Waals surface area contributed by atoms with Crippen LogP contribution in [0.25, 0.3) is 0 Å². The number of thiol groups is 2. The minimum atomic E-state index is 0.973. The lowest BCUT2D eigenvalue weighted by atomic mass is 10.0. The molecule has 0 aliphatic rings. The van der Waals surface area contributed by atoms with Crippen molar-refractivity contribution >= 4 is 25.3 Å². The van der Waals surface area contributed by atoms with Gasteiger partial charge in [0.2, 0.25) is 0 Å². The van der Waals surface area contributed by atoms with Crippen molar-refractivity contribution in [3.63, 3.8) is 0 Å². The van der Waals surface area contributed by atoms with Gasteiger partial charge in [-0.2, -0.15) is 25.3 Å². The van der Waals surface area contributed by atoms with Crippen molar-refractivity contribution in [2.75, 3.05) is 11.5 Å². The van der Waals surface area contributed by atoms with Crippen LogP contribution >= 0.6 is 25.3 Å². The summed E-state index contributed by atoms with van der Waals surface area (Å²) >= 11 is 8.45. The minimum Gasteiger partial charge on any atom is -0.179 e. The molecule has 0 radical (unpaired) electrons. The zero-order valence-corrected chi connectivity index (χ0v) is 10.2. The first-order valence-electron chi connectivity index (χ1n) is 5.16. The Balaban J connectivity index is 2.50. The van der Waals surface area contributed by atoms with Crippen LogP contribution < -0.4 is 0 Å². The van der Waals surface area contributed by atoms with E-state index in [0.29, 0.717) is 0 Å². The molecule has 0 aliphatic carbocycles. The van der Waals surface area contributed by atoms with Crippen molar-refractivity contribution in [2.24, 2.45) is 0 Å². The summed E-state index contributed by atoms with van der Waals surface area (Å²) < 4.78 is 0. The fourth-order valence-electron chi connectivity index (χ4n) is 1.51. The largest absolute Gasteiger partial charge is 0.179 e. The molecule has 0 bridgehead atoms. The highest BCUT2D eigenvalue weighted by Gasteiger charge is 1.95. The Labute approximate surface area is 97.9 Å². The van der Waals surface area contributed by atoms with Crippen molar-refractivity contribution in [2.45, 2.75) is 25.7 Å². The van der Waals surface area contributed by atoms with Gasteiger partial charge in [0.15, 0.2) is 0 Å². The predicted molar refractivity (Wildman–Crippen MR) is 70.8 cm³/mol. The van der Waals surface area contributed by atoms with Crippen LogP contribution in [0.4, 0.5) is 0 Å². The van der Waals surface area contributed by atoms with E-state index in [1.807, 2.05) is 0 Å². The van der Waals surface area contributed by atoms with Gasteiger partial charge >= 0.3 is 0 Å². The van der Waals surface area contributed by atoms with Crippen molar-refractivity contribution in [1.29, 1.82) is 0 Å². The average molecular weight is 226 g/mol. The van der Waals surface area contributed by atoms with Crippen LogP contribution in [0.3, 0.4) is 0 Å².